The molecule has 0 aliphatic heterocycles. The highest BCUT2D eigenvalue weighted by Crippen LogP contribution is 2.30. The van der Waals surface area contributed by atoms with Crippen LogP contribution in [0.1, 0.15) is 25.8 Å². The van der Waals surface area contributed by atoms with Crippen molar-refractivity contribution in [2.45, 2.75) is 27.2 Å². The minimum atomic E-state index is -0.315. The van der Waals surface area contributed by atoms with E-state index >= 15 is 0 Å². The molecule has 4 rings (SSSR count). The van der Waals surface area contributed by atoms with Crippen molar-refractivity contribution < 1.29 is 13.5 Å². The van der Waals surface area contributed by atoms with Gasteiger partial charge in [-0.1, -0.05) is 38.1 Å². The zero-order valence-electron chi connectivity index (χ0n) is 18.0. The molecule has 0 saturated heterocycles. The third-order valence-electron chi connectivity index (χ3n) is 5.37. The third kappa shape index (κ3) is 4.74. The first kappa shape index (κ1) is 21.0. The van der Waals surface area contributed by atoms with Crippen LogP contribution in [-0.2, 0) is 0 Å². The van der Waals surface area contributed by atoms with E-state index in [4.69, 9.17) is 4.74 Å². The maximum atomic E-state index is 15.0. The summed E-state index contributed by atoms with van der Waals surface area (Å²) in [4.78, 5) is 4.59. The lowest BCUT2D eigenvalue weighted by Crippen LogP contribution is -2.01. The zero-order chi connectivity index (χ0) is 22.0. The number of rotatable bonds is 6. The fourth-order valence-electron chi connectivity index (χ4n) is 3.57. The first-order chi connectivity index (χ1) is 14.9. The van der Waals surface area contributed by atoms with Crippen molar-refractivity contribution in [1.82, 2.24) is 4.98 Å². The van der Waals surface area contributed by atoms with Crippen molar-refractivity contribution in [3.05, 3.63) is 83.9 Å². The Kier molecular flexibility index (Phi) is 5.99. The van der Waals surface area contributed by atoms with Crippen LogP contribution >= 0.6 is 0 Å². The van der Waals surface area contributed by atoms with Crippen molar-refractivity contribution in [2.24, 2.45) is 5.92 Å². The summed E-state index contributed by atoms with van der Waals surface area (Å²) >= 11 is 0. The first-order valence-corrected chi connectivity index (χ1v) is 10.5. The van der Waals surface area contributed by atoms with Crippen molar-refractivity contribution >= 4 is 10.9 Å². The van der Waals surface area contributed by atoms with Gasteiger partial charge in [0.05, 0.1) is 17.8 Å². The molecule has 0 fully saturated rings. The normalized spacial score (nSPS) is 11.3. The van der Waals surface area contributed by atoms with Gasteiger partial charge in [0.15, 0.2) is 0 Å². The fourth-order valence-corrected chi connectivity index (χ4v) is 3.57. The van der Waals surface area contributed by atoms with Crippen LogP contribution in [0.25, 0.3) is 33.3 Å². The van der Waals surface area contributed by atoms with E-state index in [1.807, 2.05) is 43.3 Å². The van der Waals surface area contributed by atoms with E-state index < -0.39 is 0 Å². The summed E-state index contributed by atoms with van der Waals surface area (Å²) in [6.07, 6.45) is 0.995. The van der Waals surface area contributed by atoms with Crippen LogP contribution < -0.4 is 4.74 Å². The highest BCUT2D eigenvalue weighted by Gasteiger charge is 2.11. The van der Waals surface area contributed by atoms with Gasteiger partial charge in [-0.2, -0.15) is 0 Å². The molecule has 1 aromatic heterocycles. The molecule has 0 aliphatic carbocycles. The molecule has 0 N–H and O–H groups in total. The summed E-state index contributed by atoms with van der Waals surface area (Å²) in [5.74, 6) is 0.768. The molecule has 0 radical (unpaired) electrons. The van der Waals surface area contributed by atoms with Crippen molar-refractivity contribution in [2.75, 3.05) is 6.61 Å². The molecular weight excluding hydrogens is 392 g/mol. The molecule has 4 heteroatoms. The van der Waals surface area contributed by atoms with E-state index in [9.17, 15) is 8.78 Å². The number of halogens is 2. The summed E-state index contributed by atoms with van der Waals surface area (Å²) in [7, 11) is 0. The second-order valence-corrected chi connectivity index (χ2v) is 8.24. The Morgan fingerprint density at radius 2 is 1.61 bits per heavy atom. The Morgan fingerprint density at radius 1 is 0.871 bits per heavy atom. The van der Waals surface area contributed by atoms with E-state index in [1.165, 1.54) is 18.2 Å². The number of nitrogens with zero attached hydrogens (tertiary/aromatic N) is 1. The van der Waals surface area contributed by atoms with Gasteiger partial charge < -0.3 is 4.74 Å². The summed E-state index contributed by atoms with van der Waals surface area (Å²) in [5.41, 5.74) is 4.25. The first-order valence-electron chi connectivity index (χ1n) is 10.5. The Balaban J connectivity index is 1.58. The van der Waals surface area contributed by atoms with Crippen LogP contribution in [0.4, 0.5) is 8.78 Å². The maximum Gasteiger partial charge on any atom is 0.131 e. The molecule has 0 spiro atoms. The molecule has 2 nitrogen and oxygen atoms in total. The van der Waals surface area contributed by atoms with Crippen molar-refractivity contribution in [3.8, 4) is 28.1 Å². The number of fused-ring (bicyclic) bond motifs is 1. The van der Waals surface area contributed by atoms with E-state index in [2.05, 4.69) is 18.8 Å². The molecule has 0 atom stereocenters. The Labute approximate surface area is 181 Å². The van der Waals surface area contributed by atoms with Gasteiger partial charge in [-0.3, -0.25) is 0 Å². The fraction of sp³-hybridized carbons (Fsp3) is 0.222. The van der Waals surface area contributed by atoms with E-state index in [0.717, 1.165) is 28.7 Å². The van der Waals surface area contributed by atoms with Crippen molar-refractivity contribution in [1.29, 1.82) is 0 Å². The predicted octanol–water partition coefficient (Wildman–Crippen LogP) is 7.58. The summed E-state index contributed by atoms with van der Waals surface area (Å²) in [6.45, 7) is 6.90. The monoisotopic (exact) mass is 417 g/mol. The van der Waals surface area contributed by atoms with Gasteiger partial charge in [0.25, 0.3) is 0 Å². The van der Waals surface area contributed by atoms with Gasteiger partial charge in [0.1, 0.15) is 17.4 Å². The van der Waals surface area contributed by atoms with E-state index in [0.29, 0.717) is 34.9 Å². The zero-order valence-corrected chi connectivity index (χ0v) is 18.0. The summed E-state index contributed by atoms with van der Waals surface area (Å²) in [5, 5.41) is 0.761. The SMILES string of the molecule is Cc1cc(-c2ccc(-c3ccc(OCCC(C)C)cc3)c(F)c2)nc2ccc(F)cc12. The average molecular weight is 417 g/mol. The van der Waals surface area contributed by atoms with Gasteiger partial charge in [-0.25, -0.2) is 13.8 Å². The van der Waals surface area contributed by atoms with Crippen LogP contribution in [0.3, 0.4) is 0 Å². The smallest absolute Gasteiger partial charge is 0.131 e. The molecule has 0 amide bonds. The minimum Gasteiger partial charge on any atom is -0.494 e. The van der Waals surface area contributed by atoms with Gasteiger partial charge >= 0.3 is 0 Å². The number of pyridine rings is 1. The Bertz CT molecular complexity index is 1220. The van der Waals surface area contributed by atoms with Crippen LogP contribution in [-0.4, -0.2) is 11.6 Å². The molecule has 1 heterocycles. The number of hydrogen-bond donors (Lipinski definition) is 0. The molecule has 158 valence electrons. The van der Waals surface area contributed by atoms with Gasteiger partial charge in [-0.15, -0.1) is 0 Å². The summed E-state index contributed by atoms with van der Waals surface area (Å²) in [6, 6.07) is 19.0. The molecule has 3 aromatic carbocycles. The van der Waals surface area contributed by atoms with Crippen LogP contribution in [0, 0.1) is 24.5 Å². The summed E-state index contributed by atoms with van der Waals surface area (Å²) < 4.78 is 34.2. The second kappa shape index (κ2) is 8.84. The molecule has 0 unspecified atom stereocenters. The quantitative estimate of drug-likeness (QED) is 0.323. The number of aromatic nitrogens is 1. The molecule has 0 saturated carbocycles. The van der Waals surface area contributed by atoms with Gasteiger partial charge in [-0.05, 0) is 72.9 Å². The highest BCUT2D eigenvalue weighted by atomic mass is 19.1. The molecule has 31 heavy (non-hydrogen) atoms. The lowest BCUT2D eigenvalue weighted by Gasteiger charge is -2.11. The number of hydrogen-bond acceptors (Lipinski definition) is 2. The molecule has 0 bridgehead atoms. The minimum absolute atomic E-state index is 0.295. The van der Waals surface area contributed by atoms with Crippen LogP contribution in [0.5, 0.6) is 5.75 Å². The maximum absolute atomic E-state index is 15.0. The number of ether oxygens (including phenoxy) is 1. The van der Waals surface area contributed by atoms with E-state index in [1.54, 1.807) is 12.1 Å². The Hall–Kier alpha value is -3.27. The third-order valence-corrected chi connectivity index (χ3v) is 5.37. The van der Waals surface area contributed by atoms with Gasteiger partial charge in [0.2, 0.25) is 0 Å². The van der Waals surface area contributed by atoms with Crippen LogP contribution in [0.15, 0.2) is 66.7 Å². The van der Waals surface area contributed by atoms with Crippen LogP contribution in [0.2, 0.25) is 0 Å². The second-order valence-electron chi connectivity index (χ2n) is 8.24. The largest absolute Gasteiger partial charge is 0.494 e. The van der Waals surface area contributed by atoms with E-state index in [-0.39, 0.29) is 11.6 Å². The molecule has 0 aliphatic rings. The lowest BCUT2D eigenvalue weighted by atomic mass is 10.00. The lowest BCUT2D eigenvalue weighted by molar-refractivity contribution is 0.289. The number of benzene rings is 3. The standard InChI is InChI=1S/C27H25F2NO/c1-17(2)12-13-31-22-8-4-19(5-9-22)23-10-6-20(15-25(23)29)27-14-18(3)24-16-21(28)7-11-26(24)30-27/h4-11,14-17H,12-13H2,1-3H3. The number of aryl methyl sites for hydroxylation is 1. The average Bonchev–Trinajstić information content (AvgIpc) is 2.74. The highest BCUT2D eigenvalue weighted by molar-refractivity contribution is 5.85. The predicted molar refractivity (Wildman–Crippen MR) is 122 cm³/mol. The molecule has 4 aromatic rings. The molecular formula is C27H25F2NO. The Morgan fingerprint density at radius 3 is 2.32 bits per heavy atom. The van der Waals surface area contributed by atoms with Crippen molar-refractivity contribution in [3.63, 3.8) is 0 Å². The van der Waals surface area contributed by atoms with Gasteiger partial charge in [0, 0.05) is 16.5 Å². The topological polar surface area (TPSA) is 22.1 Å².